The van der Waals surface area contributed by atoms with Crippen molar-refractivity contribution in [2.45, 2.75) is 38.5 Å². The second-order valence-corrected chi connectivity index (χ2v) is 5.48. The summed E-state index contributed by atoms with van der Waals surface area (Å²) in [5.74, 6) is 0.0769. The van der Waals surface area contributed by atoms with E-state index in [0.717, 1.165) is 12.8 Å². The van der Waals surface area contributed by atoms with Crippen molar-refractivity contribution in [3.63, 3.8) is 0 Å². The molecule has 0 aromatic carbocycles. The third-order valence-corrected chi connectivity index (χ3v) is 4.50. The highest BCUT2D eigenvalue weighted by molar-refractivity contribution is 5.76. The zero-order chi connectivity index (χ0) is 10.9. The highest BCUT2D eigenvalue weighted by atomic mass is 16.1. The van der Waals surface area contributed by atoms with Gasteiger partial charge in [0.15, 0.2) is 0 Å². The Morgan fingerprint density at radius 2 is 1.73 bits per heavy atom. The number of piperidine rings is 1. The lowest BCUT2D eigenvalue weighted by Gasteiger charge is -2.44. The Morgan fingerprint density at radius 3 is 2.20 bits per heavy atom. The van der Waals surface area contributed by atoms with Gasteiger partial charge >= 0.3 is 0 Å². The number of primary amides is 1. The summed E-state index contributed by atoms with van der Waals surface area (Å²) in [7, 11) is 2.20. The maximum atomic E-state index is 11.1. The van der Waals surface area contributed by atoms with E-state index >= 15 is 0 Å². The van der Waals surface area contributed by atoms with Gasteiger partial charge in [0.2, 0.25) is 5.91 Å². The van der Waals surface area contributed by atoms with Crippen LogP contribution in [-0.4, -0.2) is 30.9 Å². The first kappa shape index (κ1) is 10.9. The summed E-state index contributed by atoms with van der Waals surface area (Å²) in [6, 6.07) is 0. The molecule has 2 aliphatic rings. The molecule has 1 spiro atoms. The normalized spacial score (nSPS) is 28.1. The number of hydrogen-bond acceptors (Lipinski definition) is 2. The Hall–Kier alpha value is -0.570. The van der Waals surface area contributed by atoms with Gasteiger partial charge in [-0.1, -0.05) is 0 Å². The molecule has 0 aromatic rings. The summed E-state index contributed by atoms with van der Waals surface area (Å²) >= 11 is 0. The van der Waals surface area contributed by atoms with E-state index in [4.69, 9.17) is 5.73 Å². The lowest BCUT2D eigenvalue weighted by atomic mass is 9.65. The van der Waals surface area contributed by atoms with Crippen LogP contribution in [0.15, 0.2) is 0 Å². The molecule has 0 atom stereocenters. The van der Waals surface area contributed by atoms with Gasteiger partial charge in [0.25, 0.3) is 0 Å². The molecule has 0 aromatic heterocycles. The number of nitrogens with two attached hydrogens (primary N) is 1. The molecule has 3 heteroatoms. The van der Waals surface area contributed by atoms with Gasteiger partial charge in [0, 0.05) is 5.92 Å². The van der Waals surface area contributed by atoms with Gasteiger partial charge in [-0.05, 0) is 64.1 Å². The maximum absolute atomic E-state index is 11.1. The fraction of sp³-hybridized carbons (Fsp3) is 0.917. The SMILES string of the molecule is CN1CCC2(CCC(C(N)=O)CC2)CC1. The van der Waals surface area contributed by atoms with Crippen molar-refractivity contribution in [2.75, 3.05) is 20.1 Å². The summed E-state index contributed by atoms with van der Waals surface area (Å²) in [4.78, 5) is 13.5. The van der Waals surface area contributed by atoms with Gasteiger partial charge in [-0.3, -0.25) is 4.79 Å². The molecule has 15 heavy (non-hydrogen) atoms. The number of carbonyl (C=O) groups is 1. The van der Waals surface area contributed by atoms with Gasteiger partial charge in [0.1, 0.15) is 0 Å². The van der Waals surface area contributed by atoms with Crippen LogP contribution in [0.3, 0.4) is 0 Å². The minimum absolute atomic E-state index is 0.0854. The van der Waals surface area contributed by atoms with Crippen molar-refractivity contribution in [2.24, 2.45) is 17.1 Å². The maximum Gasteiger partial charge on any atom is 0.220 e. The first-order chi connectivity index (χ1) is 7.11. The zero-order valence-corrected chi connectivity index (χ0v) is 9.67. The lowest BCUT2D eigenvalue weighted by molar-refractivity contribution is -0.123. The third kappa shape index (κ3) is 2.33. The number of hydrogen-bond donors (Lipinski definition) is 1. The molecule has 3 nitrogen and oxygen atoms in total. The molecule has 1 saturated carbocycles. The zero-order valence-electron chi connectivity index (χ0n) is 9.67. The van der Waals surface area contributed by atoms with Crippen LogP contribution in [-0.2, 0) is 4.79 Å². The molecule has 2 N–H and O–H groups in total. The van der Waals surface area contributed by atoms with Crippen molar-refractivity contribution in [1.82, 2.24) is 4.90 Å². The van der Waals surface area contributed by atoms with E-state index in [2.05, 4.69) is 11.9 Å². The number of amides is 1. The average Bonchev–Trinajstić information content (AvgIpc) is 2.24. The fourth-order valence-electron chi connectivity index (χ4n) is 3.11. The molecule has 1 saturated heterocycles. The van der Waals surface area contributed by atoms with E-state index in [9.17, 15) is 4.79 Å². The second kappa shape index (κ2) is 4.12. The van der Waals surface area contributed by atoms with Crippen molar-refractivity contribution >= 4 is 5.91 Å². The van der Waals surface area contributed by atoms with Crippen LogP contribution in [0.5, 0.6) is 0 Å². The van der Waals surface area contributed by atoms with Crippen molar-refractivity contribution in [3.05, 3.63) is 0 Å². The predicted octanol–water partition coefficient (Wildman–Crippen LogP) is 1.37. The van der Waals surface area contributed by atoms with Crippen LogP contribution in [0.25, 0.3) is 0 Å². The Kier molecular flexibility index (Phi) is 3.01. The monoisotopic (exact) mass is 210 g/mol. The van der Waals surface area contributed by atoms with E-state index in [1.54, 1.807) is 0 Å². The van der Waals surface area contributed by atoms with Gasteiger partial charge in [-0.15, -0.1) is 0 Å². The van der Waals surface area contributed by atoms with Crippen LogP contribution in [0.4, 0.5) is 0 Å². The predicted molar refractivity (Wildman–Crippen MR) is 60.3 cm³/mol. The van der Waals surface area contributed by atoms with Crippen molar-refractivity contribution < 1.29 is 4.79 Å². The quantitative estimate of drug-likeness (QED) is 0.710. The standard InChI is InChI=1S/C12H22N2O/c1-14-8-6-12(7-9-14)4-2-10(3-5-12)11(13)15/h10H,2-9H2,1H3,(H2,13,15). The first-order valence-electron chi connectivity index (χ1n) is 6.09. The van der Waals surface area contributed by atoms with Crippen LogP contribution >= 0.6 is 0 Å². The topological polar surface area (TPSA) is 46.3 Å². The average molecular weight is 210 g/mol. The fourth-order valence-corrected chi connectivity index (χ4v) is 3.11. The lowest BCUT2D eigenvalue weighted by Crippen LogP contribution is -2.41. The summed E-state index contributed by atoms with van der Waals surface area (Å²) < 4.78 is 0. The summed E-state index contributed by atoms with van der Waals surface area (Å²) in [5, 5.41) is 0. The van der Waals surface area contributed by atoms with Gasteiger partial charge in [0.05, 0.1) is 0 Å². The van der Waals surface area contributed by atoms with Gasteiger partial charge in [-0.2, -0.15) is 0 Å². The molecule has 1 amide bonds. The molecule has 0 bridgehead atoms. The van der Waals surface area contributed by atoms with E-state index < -0.39 is 0 Å². The van der Waals surface area contributed by atoms with E-state index in [-0.39, 0.29) is 11.8 Å². The van der Waals surface area contributed by atoms with E-state index in [1.165, 1.54) is 38.8 Å². The Labute approximate surface area is 92.0 Å². The largest absolute Gasteiger partial charge is 0.369 e. The molecule has 0 radical (unpaired) electrons. The molecule has 2 rings (SSSR count). The highest BCUT2D eigenvalue weighted by Crippen LogP contribution is 2.45. The third-order valence-electron chi connectivity index (χ3n) is 4.50. The smallest absolute Gasteiger partial charge is 0.220 e. The van der Waals surface area contributed by atoms with Crippen LogP contribution in [0, 0.1) is 11.3 Å². The van der Waals surface area contributed by atoms with Gasteiger partial charge in [-0.25, -0.2) is 0 Å². The van der Waals surface area contributed by atoms with Crippen LogP contribution in [0.1, 0.15) is 38.5 Å². The number of carbonyl (C=O) groups excluding carboxylic acids is 1. The molecule has 86 valence electrons. The first-order valence-corrected chi connectivity index (χ1v) is 6.09. The Balaban J connectivity index is 1.89. The van der Waals surface area contributed by atoms with Gasteiger partial charge < -0.3 is 10.6 Å². The molecule has 0 unspecified atom stereocenters. The van der Waals surface area contributed by atoms with Crippen molar-refractivity contribution in [1.29, 1.82) is 0 Å². The molecule has 1 aliphatic carbocycles. The molecule has 1 aliphatic heterocycles. The second-order valence-electron chi connectivity index (χ2n) is 5.48. The molecular weight excluding hydrogens is 188 g/mol. The van der Waals surface area contributed by atoms with E-state index in [0.29, 0.717) is 5.41 Å². The van der Waals surface area contributed by atoms with E-state index in [1.807, 2.05) is 0 Å². The number of likely N-dealkylation sites (tertiary alicyclic amines) is 1. The number of rotatable bonds is 1. The summed E-state index contributed by atoms with van der Waals surface area (Å²) in [5.41, 5.74) is 5.91. The van der Waals surface area contributed by atoms with Crippen molar-refractivity contribution in [3.8, 4) is 0 Å². The molecule has 2 fully saturated rings. The summed E-state index contributed by atoms with van der Waals surface area (Å²) in [6.45, 7) is 2.45. The minimum Gasteiger partial charge on any atom is -0.369 e. The number of nitrogens with zero attached hydrogens (tertiary/aromatic N) is 1. The minimum atomic E-state index is -0.0854. The summed E-state index contributed by atoms with van der Waals surface area (Å²) in [6.07, 6.45) is 7.12. The van der Waals surface area contributed by atoms with Crippen LogP contribution in [0.2, 0.25) is 0 Å². The molecular formula is C12H22N2O. The Bertz CT molecular complexity index is 234. The molecule has 1 heterocycles. The highest BCUT2D eigenvalue weighted by Gasteiger charge is 2.38. The van der Waals surface area contributed by atoms with Crippen LogP contribution < -0.4 is 5.73 Å². The Morgan fingerprint density at radius 1 is 1.20 bits per heavy atom.